The lowest BCUT2D eigenvalue weighted by Crippen LogP contribution is -2.01. The van der Waals surface area contributed by atoms with Crippen molar-refractivity contribution in [2.45, 2.75) is 6.61 Å². The van der Waals surface area contributed by atoms with E-state index in [9.17, 15) is 0 Å². The number of methoxy groups -OCH3 is 1. The van der Waals surface area contributed by atoms with Crippen LogP contribution in [0.2, 0.25) is 0 Å². The molecule has 4 N–H and O–H groups in total. The van der Waals surface area contributed by atoms with E-state index in [2.05, 4.69) is 4.98 Å². The Morgan fingerprint density at radius 2 is 2.18 bits per heavy atom. The van der Waals surface area contributed by atoms with Crippen LogP contribution in [-0.2, 0) is 11.3 Å². The standard InChI is InChI=1S/C7H11N3O/c1-11-4-5-2-3-6(8)7(9)10-5/h2-3H,4,8H2,1H3,(H2,9,10). The van der Waals surface area contributed by atoms with Gasteiger partial charge in [-0.25, -0.2) is 4.98 Å². The summed E-state index contributed by atoms with van der Waals surface area (Å²) in [5, 5.41) is 0. The van der Waals surface area contributed by atoms with Crippen molar-refractivity contribution < 1.29 is 4.74 Å². The molecule has 0 unspecified atom stereocenters. The summed E-state index contributed by atoms with van der Waals surface area (Å²) in [4.78, 5) is 3.99. The first kappa shape index (κ1) is 7.81. The van der Waals surface area contributed by atoms with Crippen LogP contribution in [0.1, 0.15) is 5.69 Å². The Balaban J connectivity index is 2.86. The number of nitrogen functional groups attached to an aromatic ring is 2. The zero-order valence-corrected chi connectivity index (χ0v) is 6.37. The number of nitrogens with two attached hydrogens (primary N) is 2. The number of pyridine rings is 1. The Labute approximate surface area is 65.2 Å². The van der Waals surface area contributed by atoms with Crippen molar-refractivity contribution in [1.82, 2.24) is 4.98 Å². The summed E-state index contributed by atoms with van der Waals surface area (Å²) in [6, 6.07) is 3.51. The fraction of sp³-hybridized carbons (Fsp3) is 0.286. The van der Waals surface area contributed by atoms with Crippen molar-refractivity contribution >= 4 is 11.5 Å². The van der Waals surface area contributed by atoms with Crippen LogP contribution in [0.4, 0.5) is 11.5 Å². The molecular weight excluding hydrogens is 142 g/mol. The number of nitrogens with zero attached hydrogens (tertiary/aromatic N) is 1. The molecule has 0 radical (unpaired) electrons. The van der Waals surface area contributed by atoms with Gasteiger partial charge in [0.2, 0.25) is 0 Å². The predicted molar refractivity (Wildman–Crippen MR) is 43.8 cm³/mol. The fourth-order valence-corrected chi connectivity index (χ4v) is 0.756. The highest BCUT2D eigenvalue weighted by Crippen LogP contribution is 2.11. The molecule has 0 aromatic carbocycles. The highest BCUT2D eigenvalue weighted by molar-refractivity contribution is 5.57. The molecule has 0 aliphatic heterocycles. The Morgan fingerprint density at radius 3 is 2.73 bits per heavy atom. The Bertz CT molecular complexity index is 249. The summed E-state index contributed by atoms with van der Waals surface area (Å²) < 4.78 is 4.86. The smallest absolute Gasteiger partial charge is 0.146 e. The lowest BCUT2D eigenvalue weighted by Gasteiger charge is -2.01. The van der Waals surface area contributed by atoms with E-state index in [4.69, 9.17) is 16.2 Å². The molecule has 4 heteroatoms. The first-order valence-corrected chi connectivity index (χ1v) is 3.24. The average Bonchev–Trinajstić information content (AvgIpc) is 1.98. The third-order valence-electron chi connectivity index (χ3n) is 1.31. The van der Waals surface area contributed by atoms with Gasteiger partial charge in [-0.15, -0.1) is 0 Å². The molecule has 0 aliphatic rings. The van der Waals surface area contributed by atoms with Gasteiger partial charge in [0.15, 0.2) is 0 Å². The van der Waals surface area contributed by atoms with Crippen molar-refractivity contribution in [3.8, 4) is 0 Å². The quantitative estimate of drug-likeness (QED) is 0.644. The van der Waals surface area contributed by atoms with Gasteiger partial charge in [-0.1, -0.05) is 0 Å². The number of hydrogen-bond acceptors (Lipinski definition) is 4. The van der Waals surface area contributed by atoms with Gasteiger partial charge < -0.3 is 16.2 Å². The summed E-state index contributed by atoms with van der Waals surface area (Å²) in [6.07, 6.45) is 0. The van der Waals surface area contributed by atoms with Crippen LogP contribution >= 0.6 is 0 Å². The van der Waals surface area contributed by atoms with E-state index in [-0.39, 0.29) is 0 Å². The lowest BCUT2D eigenvalue weighted by atomic mass is 10.3. The SMILES string of the molecule is COCc1ccc(N)c(N)n1. The molecular formula is C7H11N3O. The van der Waals surface area contributed by atoms with Gasteiger partial charge >= 0.3 is 0 Å². The maximum Gasteiger partial charge on any atom is 0.146 e. The van der Waals surface area contributed by atoms with Gasteiger partial charge in [0, 0.05) is 7.11 Å². The van der Waals surface area contributed by atoms with E-state index in [1.807, 2.05) is 0 Å². The van der Waals surface area contributed by atoms with E-state index in [0.717, 1.165) is 5.69 Å². The van der Waals surface area contributed by atoms with Crippen LogP contribution in [0.3, 0.4) is 0 Å². The first-order valence-electron chi connectivity index (χ1n) is 3.24. The molecule has 0 saturated heterocycles. The van der Waals surface area contributed by atoms with Crippen molar-refractivity contribution in [3.05, 3.63) is 17.8 Å². The third kappa shape index (κ3) is 1.81. The van der Waals surface area contributed by atoms with Crippen molar-refractivity contribution in [1.29, 1.82) is 0 Å². The summed E-state index contributed by atoms with van der Waals surface area (Å²) in [5.74, 6) is 0.361. The molecule has 11 heavy (non-hydrogen) atoms. The highest BCUT2D eigenvalue weighted by Gasteiger charge is 1.97. The van der Waals surface area contributed by atoms with Crippen LogP contribution in [0.5, 0.6) is 0 Å². The topological polar surface area (TPSA) is 74.2 Å². The van der Waals surface area contributed by atoms with Crippen molar-refractivity contribution in [2.75, 3.05) is 18.6 Å². The zero-order chi connectivity index (χ0) is 8.27. The second kappa shape index (κ2) is 3.21. The largest absolute Gasteiger partial charge is 0.396 e. The van der Waals surface area contributed by atoms with Crippen molar-refractivity contribution in [3.63, 3.8) is 0 Å². The molecule has 1 heterocycles. The second-order valence-corrected chi connectivity index (χ2v) is 2.21. The molecule has 0 fully saturated rings. The molecule has 60 valence electrons. The number of rotatable bonds is 2. The Morgan fingerprint density at radius 1 is 1.45 bits per heavy atom. The van der Waals surface area contributed by atoms with E-state index in [0.29, 0.717) is 18.1 Å². The molecule has 0 aliphatic carbocycles. The Kier molecular flexibility index (Phi) is 2.28. The summed E-state index contributed by atoms with van der Waals surface area (Å²) in [5.41, 5.74) is 12.2. The molecule has 1 rings (SSSR count). The fourth-order valence-electron chi connectivity index (χ4n) is 0.756. The average molecular weight is 153 g/mol. The Hall–Kier alpha value is -1.29. The predicted octanol–water partition coefficient (Wildman–Crippen LogP) is 0.392. The molecule has 0 atom stereocenters. The molecule has 1 aromatic heterocycles. The van der Waals surface area contributed by atoms with Crippen LogP contribution in [-0.4, -0.2) is 12.1 Å². The lowest BCUT2D eigenvalue weighted by molar-refractivity contribution is 0.181. The number of ether oxygens (including phenoxy) is 1. The monoisotopic (exact) mass is 153 g/mol. The molecule has 0 saturated carbocycles. The zero-order valence-electron chi connectivity index (χ0n) is 6.37. The van der Waals surface area contributed by atoms with Crippen LogP contribution in [0, 0.1) is 0 Å². The van der Waals surface area contributed by atoms with E-state index in [1.165, 1.54) is 0 Å². The van der Waals surface area contributed by atoms with Crippen LogP contribution in [0.15, 0.2) is 12.1 Å². The van der Waals surface area contributed by atoms with E-state index >= 15 is 0 Å². The second-order valence-electron chi connectivity index (χ2n) is 2.21. The normalized spacial score (nSPS) is 9.91. The molecule has 4 nitrogen and oxygen atoms in total. The minimum Gasteiger partial charge on any atom is -0.396 e. The summed E-state index contributed by atoms with van der Waals surface area (Å²) >= 11 is 0. The van der Waals surface area contributed by atoms with Crippen LogP contribution in [0.25, 0.3) is 0 Å². The highest BCUT2D eigenvalue weighted by atomic mass is 16.5. The van der Waals surface area contributed by atoms with Gasteiger partial charge in [0.05, 0.1) is 18.0 Å². The van der Waals surface area contributed by atoms with E-state index < -0.39 is 0 Å². The van der Waals surface area contributed by atoms with E-state index in [1.54, 1.807) is 19.2 Å². The maximum atomic E-state index is 5.46. The van der Waals surface area contributed by atoms with Gasteiger partial charge in [-0.3, -0.25) is 0 Å². The van der Waals surface area contributed by atoms with Gasteiger partial charge in [-0.05, 0) is 12.1 Å². The summed E-state index contributed by atoms with van der Waals surface area (Å²) in [6.45, 7) is 0.463. The molecule has 0 amide bonds. The van der Waals surface area contributed by atoms with Gasteiger partial charge in [-0.2, -0.15) is 0 Å². The number of anilines is 2. The van der Waals surface area contributed by atoms with Crippen LogP contribution < -0.4 is 11.5 Å². The molecule has 1 aromatic rings. The molecule has 0 spiro atoms. The van der Waals surface area contributed by atoms with Gasteiger partial charge in [0.25, 0.3) is 0 Å². The third-order valence-corrected chi connectivity index (χ3v) is 1.31. The minimum atomic E-state index is 0.361. The molecule has 0 bridgehead atoms. The minimum absolute atomic E-state index is 0.361. The first-order chi connectivity index (χ1) is 5.24. The number of hydrogen-bond donors (Lipinski definition) is 2. The van der Waals surface area contributed by atoms with Crippen molar-refractivity contribution in [2.24, 2.45) is 0 Å². The van der Waals surface area contributed by atoms with Gasteiger partial charge in [0.1, 0.15) is 5.82 Å². The maximum absolute atomic E-state index is 5.46. The number of aromatic nitrogens is 1. The summed E-state index contributed by atoms with van der Waals surface area (Å²) in [7, 11) is 1.61.